The summed E-state index contributed by atoms with van der Waals surface area (Å²) >= 11 is 0. The van der Waals surface area contributed by atoms with Gasteiger partial charge in [-0.05, 0) is 25.0 Å². The average Bonchev–Trinajstić information content (AvgIpc) is 2.75. The Balaban J connectivity index is 1.99. The highest BCUT2D eigenvalue weighted by molar-refractivity contribution is 5.94. The van der Waals surface area contributed by atoms with Crippen molar-refractivity contribution >= 4 is 11.6 Å². The molecule has 1 aromatic rings. The second-order valence-corrected chi connectivity index (χ2v) is 4.21. The first-order valence-electron chi connectivity index (χ1n) is 5.71. The third-order valence-electron chi connectivity index (χ3n) is 2.79. The molecule has 98 valence electrons. The van der Waals surface area contributed by atoms with Crippen LogP contribution in [0.4, 0.5) is 14.5 Å². The molecule has 1 amide bonds. The van der Waals surface area contributed by atoms with E-state index in [0.717, 1.165) is 18.2 Å². The fourth-order valence-corrected chi connectivity index (χ4v) is 1.92. The molecule has 4 nitrogen and oxygen atoms in total. The van der Waals surface area contributed by atoms with Gasteiger partial charge >= 0.3 is 0 Å². The second-order valence-electron chi connectivity index (χ2n) is 4.21. The minimum Gasteiger partial charge on any atom is -0.364 e. The lowest BCUT2D eigenvalue weighted by atomic mass is 10.2. The summed E-state index contributed by atoms with van der Waals surface area (Å²) in [6, 6.07) is 2.85. The van der Waals surface area contributed by atoms with E-state index in [1.807, 2.05) is 0 Å². The number of nitrogens with two attached hydrogens (primary N) is 1. The van der Waals surface area contributed by atoms with Gasteiger partial charge in [-0.25, -0.2) is 8.78 Å². The zero-order valence-electron chi connectivity index (χ0n) is 9.66. The third kappa shape index (κ3) is 3.02. The highest BCUT2D eigenvalue weighted by atomic mass is 19.1. The van der Waals surface area contributed by atoms with Gasteiger partial charge in [0.1, 0.15) is 17.7 Å². The maximum absolute atomic E-state index is 12.9. The molecule has 18 heavy (non-hydrogen) atoms. The second kappa shape index (κ2) is 5.41. The van der Waals surface area contributed by atoms with E-state index in [0.29, 0.717) is 19.4 Å². The van der Waals surface area contributed by atoms with E-state index >= 15 is 0 Å². The molecule has 0 unspecified atom stereocenters. The Kier molecular flexibility index (Phi) is 3.88. The first-order chi connectivity index (χ1) is 8.58. The van der Waals surface area contributed by atoms with Crippen molar-refractivity contribution in [2.75, 3.05) is 11.9 Å². The highest BCUT2D eigenvalue weighted by Gasteiger charge is 2.29. The van der Waals surface area contributed by atoms with Gasteiger partial charge in [-0.1, -0.05) is 0 Å². The normalized spacial score (nSPS) is 23.1. The predicted molar refractivity (Wildman–Crippen MR) is 61.9 cm³/mol. The van der Waals surface area contributed by atoms with Crippen LogP contribution < -0.4 is 11.1 Å². The summed E-state index contributed by atoms with van der Waals surface area (Å²) in [4.78, 5) is 11.8. The van der Waals surface area contributed by atoms with Gasteiger partial charge in [0.25, 0.3) is 5.91 Å². The molecular weight excluding hydrogens is 242 g/mol. The molecule has 1 fully saturated rings. The molecular formula is C12H14F2N2O2. The van der Waals surface area contributed by atoms with Crippen molar-refractivity contribution in [3.8, 4) is 0 Å². The molecule has 0 bridgehead atoms. The van der Waals surface area contributed by atoms with Crippen molar-refractivity contribution in [2.45, 2.75) is 25.0 Å². The van der Waals surface area contributed by atoms with E-state index in [9.17, 15) is 13.6 Å². The summed E-state index contributed by atoms with van der Waals surface area (Å²) in [6.07, 6.45) is 0.548. The smallest absolute Gasteiger partial charge is 0.253 e. The monoisotopic (exact) mass is 256 g/mol. The van der Waals surface area contributed by atoms with Crippen molar-refractivity contribution in [1.29, 1.82) is 0 Å². The van der Waals surface area contributed by atoms with Gasteiger partial charge in [0.2, 0.25) is 0 Å². The van der Waals surface area contributed by atoms with Crippen LogP contribution in [0.25, 0.3) is 0 Å². The predicted octanol–water partition coefficient (Wildman–Crippen LogP) is 1.41. The minimum absolute atomic E-state index is 0.0808. The van der Waals surface area contributed by atoms with Crippen molar-refractivity contribution in [3.63, 3.8) is 0 Å². The molecule has 1 aromatic carbocycles. The topological polar surface area (TPSA) is 64.4 Å². The van der Waals surface area contributed by atoms with Crippen LogP contribution in [0.2, 0.25) is 0 Å². The van der Waals surface area contributed by atoms with Crippen LogP contribution in [0.5, 0.6) is 0 Å². The van der Waals surface area contributed by atoms with E-state index in [4.69, 9.17) is 10.5 Å². The Morgan fingerprint density at radius 1 is 1.33 bits per heavy atom. The number of amides is 1. The van der Waals surface area contributed by atoms with Gasteiger partial charge in [0.05, 0.1) is 6.10 Å². The summed E-state index contributed by atoms with van der Waals surface area (Å²) in [6.45, 7) is 0.359. The molecule has 1 heterocycles. The van der Waals surface area contributed by atoms with Crippen molar-refractivity contribution in [1.82, 2.24) is 0 Å². The summed E-state index contributed by atoms with van der Waals surface area (Å²) < 4.78 is 31.2. The molecule has 0 spiro atoms. The Morgan fingerprint density at radius 3 is 2.56 bits per heavy atom. The number of nitrogens with one attached hydrogen (secondary N) is 1. The Hall–Kier alpha value is -1.53. The SMILES string of the molecule is NC[C@H]1CC[C@@H](C(=O)Nc2cc(F)cc(F)c2)O1. The van der Waals surface area contributed by atoms with Gasteiger partial charge in [0, 0.05) is 18.3 Å². The number of carbonyl (C=O) groups is 1. The van der Waals surface area contributed by atoms with E-state index in [-0.39, 0.29) is 11.8 Å². The van der Waals surface area contributed by atoms with Crippen LogP contribution in [0, 0.1) is 11.6 Å². The molecule has 0 radical (unpaired) electrons. The van der Waals surface area contributed by atoms with E-state index < -0.39 is 23.6 Å². The molecule has 3 N–H and O–H groups in total. The Morgan fingerprint density at radius 2 is 2.00 bits per heavy atom. The summed E-state index contributed by atoms with van der Waals surface area (Å²) in [5.74, 6) is -1.88. The van der Waals surface area contributed by atoms with Crippen LogP contribution >= 0.6 is 0 Å². The molecule has 1 aliphatic heterocycles. The lowest BCUT2D eigenvalue weighted by molar-refractivity contribution is -0.126. The Labute approximate surface area is 103 Å². The number of anilines is 1. The summed E-state index contributed by atoms with van der Waals surface area (Å²) in [7, 11) is 0. The number of hydrogen-bond donors (Lipinski definition) is 2. The third-order valence-corrected chi connectivity index (χ3v) is 2.79. The summed E-state index contributed by atoms with van der Waals surface area (Å²) in [5, 5.41) is 2.43. The van der Waals surface area contributed by atoms with Crippen LogP contribution in [0.15, 0.2) is 18.2 Å². The van der Waals surface area contributed by atoms with Crippen molar-refractivity contribution in [2.24, 2.45) is 5.73 Å². The largest absolute Gasteiger partial charge is 0.364 e. The fraction of sp³-hybridized carbons (Fsp3) is 0.417. The first-order valence-corrected chi connectivity index (χ1v) is 5.71. The molecule has 0 aliphatic carbocycles. The maximum Gasteiger partial charge on any atom is 0.253 e. The van der Waals surface area contributed by atoms with Crippen LogP contribution in [-0.2, 0) is 9.53 Å². The van der Waals surface area contributed by atoms with Gasteiger partial charge in [-0.15, -0.1) is 0 Å². The maximum atomic E-state index is 12.9. The Bertz CT molecular complexity index is 433. The van der Waals surface area contributed by atoms with E-state index in [1.165, 1.54) is 0 Å². The number of halogens is 2. The van der Waals surface area contributed by atoms with Gasteiger partial charge in [-0.2, -0.15) is 0 Å². The lowest BCUT2D eigenvalue weighted by Gasteiger charge is -2.12. The van der Waals surface area contributed by atoms with E-state index in [2.05, 4.69) is 5.32 Å². The van der Waals surface area contributed by atoms with Gasteiger partial charge in [-0.3, -0.25) is 4.79 Å². The summed E-state index contributed by atoms with van der Waals surface area (Å²) in [5.41, 5.74) is 5.51. The molecule has 0 saturated carbocycles. The van der Waals surface area contributed by atoms with Crippen LogP contribution in [0.1, 0.15) is 12.8 Å². The van der Waals surface area contributed by atoms with Gasteiger partial charge < -0.3 is 15.8 Å². The number of rotatable bonds is 3. The highest BCUT2D eigenvalue weighted by Crippen LogP contribution is 2.21. The molecule has 6 heteroatoms. The number of ether oxygens (including phenoxy) is 1. The standard InChI is InChI=1S/C12H14F2N2O2/c13-7-3-8(14)5-9(4-7)16-12(17)11-2-1-10(6-15)18-11/h3-5,10-11H,1-2,6,15H2,(H,16,17)/t10-,11+/m1/s1. The van der Waals surface area contributed by atoms with Crippen LogP contribution in [0.3, 0.4) is 0 Å². The molecule has 0 aromatic heterocycles. The van der Waals surface area contributed by atoms with Crippen molar-refractivity contribution < 1.29 is 18.3 Å². The molecule has 2 rings (SSSR count). The number of hydrogen-bond acceptors (Lipinski definition) is 3. The molecule has 1 saturated heterocycles. The van der Waals surface area contributed by atoms with E-state index in [1.54, 1.807) is 0 Å². The van der Waals surface area contributed by atoms with Crippen molar-refractivity contribution in [3.05, 3.63) is 29.8 Å². The minimum atomic E-state index is -0.738. The quantitative estimate of drug-likeness (QED) is 0.859. The number of carbonyl (C=O) groups excluding carboxylic acids is 1. The number of benzene rings is 1. The zero-order valence-corrected chi connectivity index (χ0v) is 9.66. The fourth-order valence-electron chi connectivity index (χ4n) is 1.92. The van der Waals surface area contributed by atoms with Crippen LogP contribution in [-0.4, -0.2) is 24.7 Å². The molecule has 1 aliphatic rings. The lowest BCUT2D eigenvalue weighted by Crippen LogP contribution is -2.29. The molecule has 2 atom stereocenters. The zero-order chi connectivity index (χ0) is 13.1. The first kappa shape index (κ1) is 12.9. The average molecular weight is 256 g/mol. The van der Waals surface area contributed by atoms with Gasteiger partial charge in [0.15, 0.2) is 0 Å².